The molecule has 0 saturated carbocycles. The zero-order chi connectivity index (χ0) is 14.6. The van der Waals surface area contributed by atoms with Crippen molar-refractivity contribution in [2.75, 3.05) is 17.8 Å². The predicted molar refractivity (Wildman–Crippen MR) is 81.6 cm³/mol. The van der Waals surface area contributed by atoms with E-state index in [2.05, 4.69) is 4.72 Å². The highest BCUT2D eigenvalue weighted by molar-refractivity contribution is 7.90. The Bertz CT molecular complexity index is 535. The lowest BCUT2D eigenvalue weighted by Crippen LogP contribution is -2.36. The van der Waals surface area contributed by atoms with Crippen molar-refractivity contribution in [3.05, 3.63) is 29.8 Å². The van der Waals surface area contributed by atoms with E-state index in [0.717, 1.165) is 31.2 Å². The summed E-state index contributed by atoms with van der Waals surface area (Å²) in [6.07, 6.45) is 4.05. The molecule has 1 fully saturated rings. The van der Waals surface area contributed by atoms with Crippen LogP contribution in [0.25, 0.3) is 0 Å². The van der Waals surface area contributed by atoms with Crippen LogP contribution in [0.1, 0.15) is 44.2 Å². The third-order valence-electron chi connectivity index (χ3n) is 3.60. The van der Waals surface area contributed by atoms with Gasteiger partial charge in [-0.1, -0.05) is 31.0 Å². The van der Waals surface area contributed by atoms with E-state index in [1.165, 1.54) is 4.31 Å². The first-order valence-corrected chi connectivity index (χ1v) is 8.57. The van der Waals surface area contributed by atoms with Gasteiger partial charge < -0.3 is 5.73 Å². The van der Waals surface area contributed by atoms with Crippen molar-refractivity contribution in [1.82, 2.24) is 4.31 Å². The van der Waals surface area contributed by atoms with Gasteiger partial charge >= 0.3 is 10.2 Å². The Morgan fingerprint density at radius 3 is 2.35 bits per heavy atom. The standard InChI is InChI=1S/C14H23N3O2S/c1-12(15)13-8-4-5-9-14(13)16-20(18,19)17-10-6-2-3-7-11-17/h4-5,8-9,12,16H,2-3,6-7,10-11,15H2,1H3. The van der Waals surface area contributed by atoms with Crippen molar-refractivity contribution in [3.63, 3.8) is 0 Å². The molecule has 1 aliphatic heterocycles. The van der Waals surface area contributed by atoms with Gasteiger partial charge in [0.2, 0.25) is 0 Å². The van der Waals surface area contributed by atoms with E-state index in [-0.39, 0.29) is 6.04 Å². The number of benzene rings is 1. The van der Waals surface area contributed by atoms with Gasteiger partial charge in [0.15, 0.2) is 0 Å². The zero-order valence-electron chi connectivity index (χ0n) is 11.9. The summed E-state index contributed by atoms with van der Waals surface area (Å²) in [5.41, 5.74) is 7.28. The van der Waals surface area contributed by atoms with Gasteiger partial charge in [-0.25, -0.2) is 0 Å². The molecular formula is C14H23N3O2S. The van der Waals surface area contributed by atoms with Crippen molar-refractivity contribution < 1.29 is 8.42 Å². The summed E-state index contributed by atoms with van der Waals surface area (Å²) >= 11 is 0. The highest BCUT2D eigenvalue weighted by atomic mass is 32.2. The average Bonchev–Trinajstić information content (AvgIpc) is 2.68. The number of nitrogens with zero attached hydrogens (tertiary/aromatic N) is 1. The predicted octanol–water partition coefficient (Wildman–Crippen LogP) is 2.24. The molecule has 5 nitrogen and oxygen atoms in total. The van der Waals surface area contributed by atoms with Crippen molar-refractivity contribution >= 4 is 15.9 Å². The molecule has 0 aliphatic carbocycles. The summed E-state index contributed by atoms with van der Waals surface area (Å²) < 4.78 is 29.1. The van der Waals surface area contributed by atoms with Crippen LogP contribution in [0.2, 0.25) is 0 Å². The summed E-state index contributed by atoms with van der Waals surface area (Å²) in [5.74, 6) is 0. The smallest absolute Gasteiger partial charge is 0.301 e. The molecule has 0 amide bonds. The maximum atomic E-state index is 12.5. The van der Waals surface area contributed by atoms with E-state index in [9.17, 15) is 8.42 Å². The molecular weight excluding hydrogens is 274 g/mol. The molecule has 0 bridgehead atoms. The Hall–Kier alpha value is -1.11. The summed E-state index contributed by atoms with van der Waals surface area (Å²) in [6.45, 7) is 3.03. The Morgan fingerprint density at radius 2 is 1.75 bits per heavy atom. The molecule has 2 rings (SSSR count). The molecule has 0 radical (unpaired) electrons. The molecule has 6 heteroatoms. The van der Waals surface area contributed by atoms with Gasteiger partial charge in [-0.05, 0) is 31.4 Å². The highest BCUT2D eigenvalue weighted by Crippen LogP contribution is 2.23. The topological polar surface area (TPSA) is 75.4 Å². The van der Waals surface area contributed by atoms with E-state index in [1.807, 2.05) is 25.1 Å². The molecule has 1 saturated heterocycles. The van der Waals surface area contributed by atoms with Crippen LogP contribution in [0.5, 0.6) is 0 Å². The van der Waals surface area contributed by atoms with Gasteiger partial charge in [-0.3, -0.25) is 4.72 Å². The number of para-hydroxylation sites is 1. The van der Waals surface area contributed by atoms with Crippen LogP contribution in [0.3, 0.4) is 0 Å². The number of rotatable bonds is 4. The number of hydrogen-bond acceptors (Lipinski definition) is 3. The summed E-state index contributed by atoms with van der Waals surface area (Å²) in [5, 5.41) is 0. The summed E-state index contributed by atoms with van der Waals surface area (Å²) in [4.78, 5) is 0. The van der Waals surface area contributed by atoms with Crippen LogP contribution in [0, 0.1) is 0 Å². The molecule has 1 atom stereocenters. The second kappa shape index (κ2) is 6.56. The summed E-state index contributed by atoms with van der Waals surface area (Å²) in [7, 11) is -3.49. The Kier molecular flexibility index (Phi) is 5.01. The third-order valence-corrected chi connectivity index (χ3v) is 5.12. The number of nitrogens with one attached hydrogen (secondary N) is 1. The van der Waals surface area contributed by atoms with Crippen LogP contribution >= 0.6 is 0 Å². The molecule has 1 aromatic rings. The van der Waals surface area contributed by atoms with Crippen molar-refractivity contribution in [2.24, 2.45) is 5.73 Å². The zero-order valence-corrected chi connectivity index (χ0v) is 12.7. The quantitative estimate of drug-likeness (QED) is 0.895. The van der Waals surface area contributed by atoms with Crippen LogP contribution in [-0.4, -0.2) is 25.8 Å². The molecule has 112 valence electrons. The normalized spacial score (nSPS) is 19.3. The molecule has 0 spiro atoms. The number of anilines is 1. The van der Waals surface area contributed by atoms with Crippen LogP contribution < -0.4 is 10.5 Å². The van der Waals surface area contributed by atoms with Gasteiger partial charge in [0, 0.05) is 19.1 Å². The van der Waals surface area contributed by atoms with Gasteiger partial charge in [0.25, 0.3) is 0 Å². The van der Waals surface area contributed by atoms with Crippen LogP contribution in [0.15, 0.2) is 24.3 Å². The van der Waals surface area contributed by atoms with Crippen molar-refractivity contribution in [2.45, 2.75) is 38.6 Å². The number of hydrogen-bond donors (Lipinski definition) is 2. The average molecular weight is 297 g/mol. The molecule has 20 heavy (non-hydrogen) atoms. The van der Waals surface area contributed by atoms with E-state index in [1.54, 1.807) is 6.07 Å². The van der Waals surface area contributed by atoms with Gasteiger partial charge in [0.1, 0.15) is 0 Å². The fourth-order valence-corrected chi connectivity index (χ4v) is 3.80. The largest absolute Gasteiger partial charge is 0.324 e. The van der Waals surface area contributed by atoms with Crippen molar-refractivity contribution in [3.8, 4) is 0 Å². The first kappa shape index (κ1) is 15.3. The molecule has 0 aromatic heterocycles. The van der Waals surface area contributed by atoms with Crippen molar-refractivity contribution in [1.29, 1.82) is 0 Å². The molecule has 1 aromatic carbocycles. The monoisotopic (exact) mass is 297 g/mol. The lowest BCUT2D eigenvalue weighted by atomic mass is 10.1. The minimum atomic E-state index is -3.49. The summed E-state index contributed by atoms with van der Waals surface area (Å²) in [6, 6.07) is 7.08. The molecule has 3 N–H and O–H groups in total. The Morgan fingerprint density at radius 1 is 1.15 bits per heavy atom. The Labute approximate surface area is 121 Å². The van der Waals surface area contributed by atoms with E-state index in [4.69, 9.17) is 5.73 Å². The maximum Gasteiger partial charge on any atom is 0.301 e. The van der Waals surface area contributed by atoms with Gasteiger partial charge in [-0.15, -0.1) is 0 Å². The number of nitrogens with two attached hydrogens (primary N) is 1. The third kappa shape index (κ3) is 3.71. The second-order valence-electron chi connectivity index (χ2n) is 5.30. The van der Waals surface area contributed by atoms with Gasteiger partial charge in [-0.2, -0.15) is 12.7 Å². The minimum Gasteiger partial charge on any atom is -0.324 e. The second-order valence-corrected chi connectivity index (χ2v) is 6.97. The van der Waals surface area contributed by atoms with E-state index in [0.29, 0.717) is 18.8 Å². The Balaban J connectivity index is 2.19. The molecule has 1 aliphatic rings. The minimum absolute atomic E-state index is 0.210. The lowest BCUT2D eigenvalue weighted by Gasteiger charge is -2.22. The SMILES string of the molecule is CC(N)c1ccccc1NS(=O)(=O)N1CCCCCC1. The molecule has 1 unspecified atom stereocenters. The van der Waals surface area contributed by atoms with E-state index >= 15 is 0 Å². The highest BCUT2D eigenvalue weighted by Gasteiger charge is 2.23. The first-order valence-electron chi connectivity index (χ1n) is 7.13. The lowest BCUT2D eigenvalue weighted by molar-refractivity contribution is 0.427. The maximum absolute atomic E-state index is 12.5. The first-order chi connectivity index (χ1) is 9.50. The van der Waals surface area contributed by atoms with Crippen LogP contribution in [0.4, 0.5) is 5.69 Å². The molecule has 1 heterocycles. The van der Waals surface area contributed by atoms with Gasteiger partial charge in [0.05, 0.1) is 5.69 Å². The van der Waals surface area contributed by atoms with Crippen LogP contribution in [-0.2, 0) is 10.2 Å². The van der Waals surface area contributed by atoms with E-state index < -0.39 is 10.2 Å². The fraction of sp³-hybridized carbons (Fsp3) is 0.571. The fourth-order valence-electron chi connectivity index (χ4n) is 2.47.